The lowest BCUT2D eigenvalue weighted by Gasteiger charge is -2.12. The Bertz CT molecular complexity index is 901. The first-order valence-electron chi connectivity index (χ1n) is 6.55. The van der Waals surface area contributed by atoms with Crippen LogP contribution in [0.3, 0.4) is 0 Å². The summed E-state index contributed by atoms with van der Waals surface area (Å²) in [6, 6.07) is 12.4. The number of halogens is 5. The van der Waals surface area contributed by atoms with E-state index in [2.05, 4.69) is 15.9 Å². The molecule has 3 aromatic rings. The summed E-state index contributed by atoms with van der Waals surface area (Å²) in [5.41, 5.74) is 1.12. The van der Waals surface area contributed by atoms with Crippen LogP contribution in [-0.4, -0.2) is 4.57 Å². The molecule has 0 spiro atoms. The van der Waals surface area contributed by atoms with E-state index in [4.69, 9.17) is 5.41 Å². The highest BCUT2D eigenvalue weighted by Crippen LogP contribution is 2.31. The minimum absolute atomic E-state index is 0. The topological polar surface area (TPSA) is 28.8 Å². The van der Waals surface area contributed by atoms with Gasteiger partial charge in [-0.05, 0) is 35.9 Å². The molecule has 0 aliphatic carbocycles. The van der Waals surface area contributed by atoms with Gasteiger partial charge in [0.2, 0.25) is 0 Å². The summed E-state index contributed by atoms with van der Waals surface area (Å²) in [7, 11) is 0. The van der Waals surface area contributed by atoms with E-state index in [1.807, 2.05) is 24.3 Å². The number of nitrogens with one attached hydrogen (secondary N) is 1. The molecule has 2 aromatic carbocycles. The number of aromatic nitrogens is 1. The van der Waals surface area contributed by atoms with Gasteiger partial charge in [-0.2, -0.15) is 13.2 Å². The van der Waals surface area contributed by atoms with Crippen molar-refractivity contribution in [3.8, 4) is 16.9 Å². The molecule has 1 N–H and O–H groups in total. The van der Waals surface area contributed by atoms with E-state index in [0.29, 0.717) is 11.4 Å². The van der Waals surface area contributed by atoms with Crippen LogP contribution in [0.4, 0.5) is 13.2 Å². The largest absolute Gasteiger partial charge is 0.416 e. The highest BCUT2D eigenvalue weighted by Gasteiger charge is 2.30. The van der Waals surface area contributed by atoms with Crippen LogP contribution in [0.25, 0.3) is 16.9 Å². The molecule has 0 radical (unpaired) electrons. The maximum atomic E-state index is 12.9. The molecule has 0 saturated heterocycles. The van der Waals surface area contributed by atoms with E-state index < -0.39 is 11.7 Å². The first kappa shape index (κ1) is 18.8. The van der Waals surface area contributed by atoms with Crippen molar-refractivity contribution in [1.29, 1.82) is 5.41 Å². The summed E-state index contributed by atoms with van der Waals surface area (Å²) >= 11 is 4.53. The van der Waals surface area contributed by atoms with E-state index in [9.17, 15) is 13.2 Å². The molecular formula is C16H11BrClF3N2S. The van der Waals surface area contributed by atoms with Crippen molar-refractivity contribution in [3.63, 3.8) is 0 Å². The Morgan fingerprint density at radius 3 is 2.33 bits per heavy atom. The molecule has 1 aromatic heterocycles. The second-order valence-corrected chi connectivity index (χ2v) is 6.59. The molecule has 0 unspecified atom stereocenters. The molecule has 3 rings (SSSR count). The number of rotatable bonds is 2. The zero-order chi connectivity index (χ0) is 16.6. The van der Waals surface area contributed by atoms with Gasteiger partial charge >= 0.3 is 6.18 Å². The Kier molecular flexibility index (Phi) is 5.57. The Morgan fingerprint density at radius 2 is 1.71 bits per heavy atom. The smallest absolute Gasteiger partial charge is 0.286 e. The Hall–Kier alpha value is -1.57. The Balaban J connectivity index is 0.00000208. The van der Waals surface area contributed by atoms with Crippen molar-refractivity contribution < 1.29 is 13.2 Å². The molecule has 0 saturated carbocycles. The van der Waals surface area contributed by atoms with Gasteiger partial charge in [0.15, 0.2) is 4.80 Å². The van der Waals surface area contributed by atoms with Crippen molar-refractivity contribution in [2.45, 2.75) is 6.18 Å². The first-order chi connectivity index (χ1) is 10.9. The highest BCUT2D eigenvalue weighted by molar-refractivity contribution is 9.10. The fourth-order valence-electron chi connectivity index (χ4n) is 2.22. The predicted molar refractivity (Wildman–Crippen MR) is 94.9 cm³/mol. The second kappa shape index (κ2) is 7.13. The van der Waals surface area contributed by atoms with Crippen molar-refractivity contribution in [2.24, 2.45) is 0 Å². The minimum atomic E-state index is -4.41. The third-order valence-electron chi connectivity index (χ3n) is 3.30. The molecule has 2 nitrogen and oxygen atoms in total. The van der Waals surface area contributed by atoms with Gasteiger partial charge in [0.1, 0.15) is 0 Å². The van der Waals surface area contributed by atoms with Gasteiger partial charge in [-0.15, -0.1) is 23.7 Å². The van der Waals surface area contributed by atoms with Gasteiger partial charge < -0.3 is 0 Å². The molecule has 0 aliphatic heterocycles. The summed E-state index contributed by atoms with van der Waals surface area (Å²) in [6.45, 7) is 0. The van der Waals surface area contributed by atoms with Crippen molar-refractivity contribution in [2.75, 3.05) is 0 Å². The number of thiazole rings is 1. The van der Waals surface area contributed by atoms with Gasteiger partial charge in [-0.25, -0.2) is 0 Å². The summed E-state index contributed by atoms with van der Waals surface area (Å²) in [6.07, 6.45) is -4.41. The van der Waals surface area contributed by atoms with E-state index in [-0.39, 0.29) is 17.2 Å². The van der Waals surface area contributed by atoms with Gasteiger partial charge in [0.05, 0.1) is 11.3 Å². The van der Waals surface area contributed by atoms with Crippen LogP contribution >= 0.6 is 39.7 Å². The summed E-state index contributed by atoms with van der Waals surface area (Å²) in [5, 5.41) is 9.81. The molecular weight excluding hydrogens is 425 g/mol. The molecule has 24 heavy (non-hydrogen) atoms. The third-order valence-corrected chi connectivity index (χ3v) is 4.57. The lowest BCUT2D eigenvalue weighted by molar-refractivity contribution is -0.137. The molecule has 0 aliphatic rings. The monoisotopic (exact) mass is 434 g/mol. The molecule has 0 amide bonds. The molecule has 0 bridgehead atoms. The molecule has 1 heterocycles. The van der Waals surface area contributed by atoms with Gasteiger partial charge in [0, 0.05) is 15.5 Å². The highest BCUT2D eigenvalue weighted by atomic mass is 79.9. The maximum absolute atomic E-state index is 12.9. The Labute approximate surface area is 154 Å². The lowest BCUT2D eigenvalue weighted by atomic mass is 10.1. The molecule has 0 fully saturated rings. The maximum Gasteiger partial charge on any atom is 0.416 e. The van der Waals surface area contributed by atoms with Crippen LogP contribution in [0, 0.1) is 5.41 Å². The van der Waals surface area contributed by atoms with Crippen LogP contribution < -0.4 is 4.80 Å². The van der Waals surface area contributed by atoms with Gasteiger partial charge in [-0.3, -0.25) is 9.98 Å². The average Bonchev–Trinajstić information content (AvgIpc) is 2.89. The van der Waals surface area contributed by atoms with Crippen LogP contribution in [0.5, 0.6) is 0 Å². The van der Waals surface area contributed by atoms with Crippen molar-refractivity contribution in [3.05, 3.63) is 68.7 Å². The van der Waals surface area contributed by atoms with E-state index >= 15 is 0 Å². The molecule has 8 heteroatoms. The zero-order valence-electron chi connectivity index (χ0n) is 12.0. The predicted octanol–water partition coefficient (Wildman–Crippen LogP) is 5.89. The number of benzene rings is 2. The second-order valence-electron chi connectivity index (χ2n) is 4.82. The Morgan fingerprint density at radius 1 is 1.04 bits per heavy atom. The van der Waals surface area contributed by atoms with Crippen molar-refractivity contribution in [1.82, 2.24) is 4.57 Å². The molecule has 126 valence electrons. The van der Waals surface area contributed by atoms with Crippen LogP contribution in [-0.2, 0) is 6.18 Å². The minimum Gasteiger partial charge on any atom is -0.286 e. The first-order valence-corrected chi connectivity index (χ1v) is 8.22. The quantitative estimate of drug-likeness (QED) is 0.520. The fraction of sp³-hybridized carbons (Fsp3) is 0.0625. The van der Waals surface area contributed by atoms with Crippen LogP contribution in [0.15, 0.2) is 58.4 Å². The third kappa shape index (κ3) is 3.74. The summed E-state index contributed by atoms with van der Waals surface area (Å²) < 4.78 is 41.2. The summed E-state index contributed by atoms with van der Waals surface area (Å²) in [4.78, 5) is 0.169. The van der Waals surface area contributed by atoms with E-state index in [1.165, 1.54) is 22.0 Å². The van der Waals surface area contributed by atoms with Gasteiger partial charge in [-0.1, -0.05) is 34.1 Å². The van der Waals surface area contributed by atoms with E-state index in [0.717, 1.165) is 22.2 Å². The summed E-state index contributed by atoms with van der Waals surface area (Å²) in [5.74, 6) is 0. The SMILES string of the molecule is Cl.N=c1scc(-c2ccc(Br)cc2)n1-c1cccc(C(F)(F)F)c1. The van der Waals surface area contributed by atoms with Crippen LogP contribution in [0.2, 0.25) is 0 Å². The standard InChI is InChI=1S/C16H10BrF3N2S.ClH/c17-12-6-4-10(5-7-12)14-9-23-15(21)22(14)13-3-1-2-11(8-13)16(18,19)20;/h1-9,21H;1H. The number of alkyl halides is 3. The van der Waals surface area contributed by atoms with Crippen LogP contribution in [0.1, 0.15) is 5.56 Å². The number of hydrogen-bond donors (Lipinski definition) is 1. The van der Waals surface area contributed by atoms with Crippen molar-refractivity contribution >= 4 is 39.7 Å². The number of hydrogen-bond acceptors (Lipinski definition) is 2. The fourth-order valence-corrected chi connectivity index (χ4v) is 3.26. The van der Waals surface area contributed by atoms with E-state index in [1.54, 1.807) is 11.4 Å². The average molecular weight is 436 g/mol. The zero-order valence-corrected chi connectivity index (χ0v) is 15.2. The number of nitrogens with zero attached hydrogens (tertiary/aromatic N) is 1. The normalized spacial score (nSPS) is 11.2. The lowest BCUT2D eigenvalue weighted by Crippen LogP contribution is -2.13. The molecule has 0 atom stereocenters. The van der Waals surface area contributed by atoms with Gasteiger partial charge in [0.25, 0.3) is 0 Å².